The normalized spacial score (nSPS) is 10.1. The van der Waals surface area contributed by atoms with E-state index >= 15 is 0 Å². The molecule has 0 spiro atoms. The van der Waals surface area contributed by atoms with Crippen molar-refractivity contribution in [3.63, 3.8) is 0 Å². The van der Waals surface area contributed by atoms with Gasteiger partial charge in [-0.3, -0.25) is 4.79 Å². The second kappa shape index (κ2) is 5.52. The minimum atomic E-state index is -1.18. The van der Waals surface area contributed by atoms with Crippen molar-refractivity contribution >= 4 is 17.6 Å². The molecule has 5 heteroatoms. The third kappa shape index (κ3) is 3.00. The molecule has 102 valence electrons. The summed E-state index contributed by atoms with van der Waals surface area (Å²) in [6, 6.07) is 8.54. The van der Waals surface area contributed by atoms with E-state index in [0.717, 1.165) is 11.1 Å². The number of anilines is 1. The van der Waals surface area contributed by atoms with E-state index in [1.807, 2.05) is 19.9 Å². The molecule has 0 aliphatic carbocycles. The van der Waals surface area contributed by atoms with Crippen LogP contribution in [0.5, 0.6) is 0 Å². The van der Waals surface area contributed by atoms with E-state index in [9.17, 15) is 9.59 Å². The summed E-state index contributed by atoms with van der Waals surface area (Å²) >= 11 is 0. The largest absolute Gasteiger partial charge is 0.476 e. The first-order valence-corrected chi connectivity index (χ1v) is 6.05. The van der Waals surface area contributed by atoms with Crippen LogP contribution < -0.4 is 5.32 Å². The number of carbonyl (C=O) groups excluding carboxylic acids is 1. The Labute approximate surface area is 116 Å². The predicted octanol–water partition coefficient (Wildman–Crippen LogP) is 2.65. The number of aromatic carboxylic acids is 1. The lowest BCUT2D eigenvalue weighted by atomic mass is 10.1. The molecular formula is C15H14N2O3. The van der Waals surface area contributed by atoms with Crippen molar-refractivity contribution in [1.82, 2.24) is 4.98 Å². The van der Waals surface area contributed by atoms with Gasteiger partial charge in [0.1, 0.15) is 0 Å². The highest BCUT2D eigenvalue weighted by atomic mass is 16.4. The number of nitrogens with zero attached hydrogens (tertiary/aromatic N) is 1. The number of aromatic nitrogens is 1. The Morgan fingerprint density at radius 1 is 1.15 bits per heavy atom. The lowest BCUT2D eigenvalue weighted by molar-refractivity contribution is 0.0692. The average molecular weight is 270 g/mol. The molecule has 0 aliphatic heterocycles. The van der Waals surface area contributed by atoms with Gasteiger partial charge in [0, 0.05) is 11.8 Å². The van der Waals surface area contributed by atoms with Gasteiger partial charge >= 0.3 is 5.97 Å². The molecule has 0 saturated heterocycles. The molecule has 0 radical (unpaired) electrons. The highest BCUT2D eigenvalue weighted by molar-refractivity contribution is 6.07. The third-order valence-corrected chi connectivity index (χ3v) is 2.74. The van der Waals surface area contributed by atoms with E-state index in [0.29, 0.717) is 5.56 Å². The number of hydrogen-bond donors (Lipinski definition) is 2. The highest BCUT2D eigenvalue weighted by Gasteiger charge is 2.14. The summed E-state index contributed by atoms with van der Waals surface area (Å²) in [6.45, 7) is 3.80. The summed E-state index contributed by atoms with van der Waals surface area (Å²) in [7, 11) is 0. The fraction of sp³-hybridized carbons (Fsp3) is 0.133. The molecule has 1 aromatic carbocycles. The summed E-state index contributed by atoms with van der Waals surface area (Å²) < 4.78 is 0. The van der Waals surface area contributed by atoms with Gasteiger partial charge in [0.25, 0.3) is 5.91 Å². The molecule has 0 saturated carbocycles. The van der Waals surface area contributed by atoms with E-state index in [4.69, 9.17) is 5.11 Å². The highest BCUT2D eigenvalue weighted by Crippen LogP contribution is 2.15. The van der Waals surface area contributed by atoms with E-state index in [1.54, 1.807) is 18.2 Å². The number of hydrogen-bond acceptors (Lipinski definition) is 3. The molecule has 1 aromatic heterocycles. The molecule has 0 atom stereocenters. The Bertz CT molecular complexity index is 660. The van der Waals surface area contributed by atoms with Gasteiger partial charge in [0.2, 0.25) is 0 Å². The quantitative estimate of drug-likeness (QED) is 0.898. The second-order valence-electron chi connectivity index (χ2n) is 4.54. The van der Waals surface area contributed by atoms with Gasteiger partial charge in [0.05, 0.1) is 5.69 Å². The van der Waals surface area contributed by atoms with Crippen LogP contribution in [0, 0.1) is 13.8 Å². The molecule has 1 amide bonds. The fourth-order valence-electron chi connectivity index (χ4n) is 1.98. The molecule has 2 rings (SSSR count). The van der Waals surface area contributed by atoms with Crippen LogP contribution in [0.15, 0.2) is 36.5 Å². The molecule has 0 fully saturated rings. The van der Waals surface area contributed by atoms with Gasteiger partial charge in [-0.1, -0.05) is 17.2 Å². The molecule has 5 nitrogen and oxygen atoms in total. The van der Waals surface area contributed by atoms with Crippen LogP contribution in [0.2, 0.25) is 0 Å². The minimum Gasteiger partial charge on any atom is -0.476 e. The summed E-state index contributed by atoms with van der Waals surface area (Å²) in [4.78, 5) is 26.9. The van der Waals surface area contributed by atoms with Crippen molar-refractivity contribution in [2.75, 3.05) is 5.32 Å². The first-order valence-electron chi connectivity index (χ1n) is 6.05. The number of carbonyl (C=O) groups is 2. The van der Waals surface area contributed by atoms with Crippen molar-refractivity contribution in [1.29, 1.82) is 0 Å². The number of benzene rings is 1. The van der Waals surface area contributed by atoms with Gasteiger partial charge in [-0.25, -0.2) is 9.78 Å². The van der Waals surface area contributed by atoms with Gasteiger partial charge < -0.3 is 10.4 Å². The first-order chi connectivity index (χ1) is 9.47. The Hall–Kier alpha value is -2.69. The number of rotatable bonds is 3. The molecule has 1 heterocycles. The monoisotopic (exact) mass is 270 g/mol. The number of carboxylic acids is 1. The number of carboxylic acid groups (broad SMARTS) is 1. The van der Waals surface area contributed by atoms with Crippen LogP contribution in [-0.4, -0.2) is 22.0 Å². The second-order valence-corrected chi connectivity index (χ2v) is 4.54. The third-order valence-electron chi connectivity index (χ3n) is 2.74. The van der Waals surface area contributed by atoms with Crippen LogP contribution in [0.3, 0.4) is 0 Å². The van der Waals surface area contributed by atoms with Gasteiger partial charge in [-0.05, 0) is 38.1 Å². The van der Waals surface area contributed by atoms with Crippen LogP contribution in [-0.2, 0) is 0 Å². The van der Waals surface area contributed by atoms with E-state index in [2.05, 4.69) is 10.3 Å². The maximum Gasteiger partial charge on any atom is 0.356 e. The number of aryl methyl sites for hydroxylation is 2. The molecule has 0 aliphatic rings. The smallest absolute Gasteiger partial charge is 0.356 e. The summed E-state index contributed by atoms with van der Waals surface area (Å²) in [5, 5.41) is 11.6. The average Bonchev–Trinajstić information content (AvgIpc) is 2.37. The van der Waals surface area contributed by atoms with Crippen molar-refractivity contribution in [2.24, 2.45) is 0 Å². The van der Waals surface area contributed by atoms with Crippen LogP contribution in [0.25, 0.3) is 0 Å². The van der Waals surface area contributed by atoms with Gasteiger partial charge in [-0.15, -0.1) is 0 Å². The van der Waals surface area contributed by atoms with Crippen molar-refractivity contribution in [3.8, 4) is 0 Å². The summed E-state index contributed by atoms with van der Waals surface area (Å²) in [5.41, 5.74) is 2.44. The number of nitrogens with one attached hydrogen (secondary N) is 1. The zero-order valence-corrected chi connectivity index (χ0v) is 11.2. The zero-order valence-electron chi connectivity index (χ0n) is 11.2. The Kier molecular flexibility index (Phi) is 3.79. The molecule has 0 bridgehead atoms. The molecule has 20 heavy (non-hydrogen) atoms. The van der Waals surface area contributed by atoms with Crippen LogP contribution in [0.1, 0.15) is 32.0 Å². The standard InChI is InChI=1S/C15H14N2O3/c1-9-6-10(2)8-11(7-9)14(18)17-12-4-3-5-16-13(12)15(19)20/h3-8H,1-2H3,(H,17,18)(H,19,20). The zero-order chi connectivity index (χ0) is 14.7. The van der Waals surface area contributed by atoms with Gasteiger partial charge in [0.15, 0.2) is 5.69 Å². The summed E-state index contributed by atoms with van der Waals surface area (Å²) in [6.07, 6.45) is 1.37. The fourth-order valence-corrected chi connectivity index (χ4v) is 1.98. The maximum absolute atomic E-state index is 12.2. The molecule has 0 unspecified atom stereocenters. The lowest BCUT2D eigenvalue weighted by Crippen LogP contribution is -2.16. The lowest BCUT2D eigenvalue weighted by Gasteiger charge is -2.08. The van der Waals surface area contributed by atoms with Crippen molar-refractivity contribution < 1.29 is 14.7 Å². The van der Waals surface area contributed by atoms with Crippen molar-refractivity contribution in [3.05, 3.63) is 58.9 Å². The Morgan fingerprint density at radius 2 is 1.80 bits per heavy atom. The van der Waals surface area contributed by atoms with E-state index in [1.165, 1.54) is 12.3 Å². The SMILES string of the molecule is Cc1cc(C)cc(C(=O)Nc2cccnc2C(=O)O)c1. The topological polar surface area (TPSA) is 79.3 Å². The number of amides is 1. The van der Waals surface area contributed by atoms with E-state index < -0.39 is 5.97 Å². The maximum atomic E-state index is 12.2. The predicted molar refractivity (Wildman–Crippen MR) is 75.1 cm³/mol. The van der Waals surface area contributed by atoms with Gasteiger partial charge in [-0.2, -0.15) is 0 Å². The molecular weight excluding hydrogens is 256 g/mol. The molecule has 2 N–H and O–H groups in total. The number of pyridine rings is 1. The van der Waals surface area contributed by atoms with Crippen LogP contribution >= 0.6 is 0 Å². The first kappa shape index (κ1) is 13.7. The Balaban J connectivity index is 2.30. The van der Waals surface area contributed by atoms with E-state index in [-0.39, 0.29) is 17.3 Å². The summed E-state index contributed by atoms with van der Waals surface area (Å²) in [5.74, 6) is -1.53. The molecule has 2 aromatic rings. The van der Waals surface area contributed by atoms with Crippen LogP contribution in [0.4, 0.5) is 5.69 Å². The Morgan fingerprint density at radius 3 is 2.40 bits per heavy atom. The van der Waals surface area contributed by atoms with Crippen molar-refractivity contribution in [2.45, 2.75) is 13.8 Å². The minimum absolute atomic E-state index is 0.176.